The van der Waals surface area contributed by atoms with Gasteiger partial charge in [0.05, 0.1) is 41.7 Å². The quantitative estimate of drug-likeness (QED) is 0.245. The average molecular weight is 1450 g/mol. The lowest BCUT2D eigenvalue weighted by Crippen LogP contribution is -2.65. The second-order valence-corrected chi connectivity index (χ2v) is 28.8. The van der Waals surface area contributed by atoms with Gasteiger partial charge in [0.2, 0.25) is 70.9 Å². The van der Waals surface area contributed by atoms with Gasteiger partial charge in [-0.3, -0.25) is 57.5 Å². The third kappa shape index (κ3) is 20.3. The Kier molecular flexibility index (Phi) is 29.0. The number of rotatable bonds is 12. The number of nitrogens with one attached hydrogen (secondary N) is 3. The van der Waals surface area contributed by atoms with E-state index in [1.807, 2.05) is 13.8 Å². The SMILES string of the molecule is CC[C@H](C)[C@@H]1NC(=O)[C@H](CC(C)C)N(C)C(=O)C[C@@H](C(=O)N2CCCCC2)N(C)C(=O)[C@H](C(C)C)N(C)C(=O)C2(CCCC2)NC(=O)C2CCCN2C(=O)[C@H](CCc2ccc(C(F)(F)F)c(Cl)c2)NC(=O)CN(C)C(=O)[C@H](COc2ccccc2Cl)N(C)C(=O)CN(C)C(=O)CN(C)C1=O. The van der Waals surface area contributed by atoms with Gasteiger partial charge in [0.1, 0.15) is 60.2 Å². The molecule has 1 spiro atoms. The number of hydrogen-bond donors (Lipinski definition) is 3. The van der Waals surface area contributed by atoms with E-state index < -0.39 is 180 Å². The molecule has 3 heterocycles. The van der Waals surface area contributed by atoms with E-state index in [9.17, 15) is 51.5 Å². The Bertz CT molecular complexity index is 3310. The zero-order valence-electron chi connectivity index (χ0n) is 59.9. The highest BCUT2D eigenvalue weighted by Gasteiger charge is 2.51. The Morgan fingerprint density at radius 1 is 0.650 bits per heavy atom. The third-order valence-electron chi connectivity index (χ3n) is 19.8. The number of carbonyl (C=O) groups is 12. The second kappa shape index (κ2) is 35.7. The molecule has 0 aromatic heterocycles. The van der Waals surface area contributed by atoms with Gasteiger partial charge in [-0.25, -0.2) is 0 Å². The maximum absolute atomic E-state index is 15.4. The standard InChI is InChI=1S/C70H101Cl2F3N12O13/c1-14-44(6)59-66(97)81(9)39-57(90)79(7)40-58(91)83(11)53(41-100-54-25-17-16-23-47(54)71)64(95)80(8)38-55(88)76-49(29-27-45-26-28-46(48(72)36-45)70(73,74)75)63(94)87-34-22-24-50(87)62(93)78-69(30-18-19-31-69)68(99)85(13)60(43(4)5)67(98)84(12)52(65(96)86-32-20-15-21-33-86)37-56(89)82(10)51(35-42(2)3)61(92)77-59/h16-17,23,25-26,28,36,42-44,49-53,59-60H,14-15,18-22,24,27,29-35,37-41H2,1-13H3,(H,76,88)(H,77,92)(H,78,93)/t44-,49-,50?,51-,52-,53-,59-,60-/m0/s1. The van der Waals surface area contributed by atoms with Crippen molar-refractivity contribution in [2.45, 2.75) is 185 Å². The first-order chi connectivity index (χ1) is 46.9. The molecule has 3 saturated heterocycles. The molecule has 1 saturated carbocycles. The lowest BCUT2D eigenvalue weighted by atomic mass is 9.91. The summed E-state index contributed by atoms with van der Waals surface area (Å²) in [5.74, 6) is -9.89. The molecule has 0 bridgehead atoms. The van der Waals surface area contributed by atoms with Gasteiger partial charge in [0.15, 0.2) is 0 Å². The lowest BCUT2D eigenvalue weighted by Gasteiger charge is -2.42. The van der Waals surface area contributed by atoms with Crippen LogP contribution in [0.5, 0.6) is 5.75 Å². The molecule has 1 aliphatic carbocycles. The monoisotopic (exact) mass is 1440 g/mol. The molecule has 4 aliphatic rings. The van der Waals surface area contributed by atoms with Gasteiger partial charge in [0.25, 0.3) is 0 Å². The van der Waals surface area contributed by atoms with Crippen LogP contribution in [0.25, 0.3) is 0 Å². The van der Waals surface area contributed by atoms with Crippen LogP contribution >= 0.6 is 23.2 Å². The van der Waals surface area contributed by atoms with Crippen molar-refractivity contribution in [1.82, 2.24) is 60.0 Å². The molecule has 2 aromatic carbocycles. The van der Waals surface area contributed by atoms with Crippen LogP contribution in [0.3, 0.4) is 0 Å². The van der Waals surface area contributed by atoms with Gasteiger partial charge >= 0.3 is 6.18 Å². The average Bonchev–Trinajstić information content (AvgIpc) is 1.54. The summed E-state index contributed by atoms with van der Waals surface area (Å²) in [7, 11) is 9.42. The number of para-hydroxylation sites is 1. The first-order valence-corrected chi connectivity index (χ1v) is 35.2. The highest BCUT2D eigenvalue weighted by atomic mass is 35.5. The summed E-state index contributed by atoms with van der Waals surface area (Å²) in [5.41, 5.74) is -2.45. The normalized spacial score (nSPS) is 24.7. The van der Waals surface area contributed by atoms with Crippen molar-refractivity contribution in [1.29, 1.82) is 0 Å². The summed E-state index contributed by atoms with van der Waals surface area (Å²) in [6, 6.07) is -0.0352. The summed E-state index contributed by atoms with van der Waals surface area (Å²) in [6.07, 6.45) is -1.46. The summed E-state index contributed by atoms with van der Waals surface area (Å²) in [4.78, 5) is 188. The number of hydrogen-bond acceptors (Lipinski definition) is 13. The number of likely N-dealkylation sites (N-methyl/N-ethyl adjacent to an activating group) is 7. The number of benzene rings is 2. The maximum Gasteiger partial charge on any atom is 0.417 e. The summed E-state index contributed by atoms with van der Waals surface area (Å²) < 4.78 is 47.5. The number of amides is 12. The molecule has 6 rings (SSSR count). The first kappa shape index (κ1) is 81.2. The molecule has 3 aliphatic heterocycles. The van der Waals surface area contributed by atoms with Gasteiger partial charge in [-0.1, -0.05) is 102 Å². The number of carbonyl (C=O) groups excluding carboxylic acids is 12. The Balaban J connectivity index is 1.43. The van der Waals surface area contributed by atoms with Gasteiger partial charge in [-0.15, -0.1) is 0 Å². The molecular formula is C70H101Cl2F3N12O13. The highest BCUT2D eigenvalue weighted by Crippen LogP contribution is 2.37. The largest absolute Gasteiger partial charge is 0.489 e. The Morgan fingerprint density at radius 3 is 1.87 bits per heavy atom. The predicted molar refractivity (Wildman–Crippen MR) is 368 cm³/mol. The van der Waals surface area contributed by atoms with Gasteiger partial charge in [-0.05, 0) is 112 Å². The smallest absolute Gasteiger partial charge is 0.417 e. The van der Waals surface area contributed by atoms with Crippen molar-refractivity contribution in [3.8, 4) is 5.75 Å². The van der Waals surface area contributed by atoms with E-state index in [0.717, 1.165) is 38.2 Å². The number of ether oxygens (including phenoxy) is 1. The van der Waals surface area contributed by atoms with E-state index in [2.05, 4.69) is 16.0 Å². The fourth-order valence-corrected chi connectivity index (χ4v) is 14.0. The molecule has 8 atom stereocenters. The molecule has 3 N–H and O–H groups in total. The van der Waals surface area contributed by atoms with Crippen molar-refractivity contribution >= 4 is 94.1 Å². The zero-order chi connectivity index (χ0) is 74.4. The van der Waals surface area contributed by atoms with Crippen LogP contribution < -0.4 is 20.7 Å². The molecule has 30 heteroatoms. The third-order valence-corrected chi connectivity index (χ3v) is 20.5. The van der Waals surface area contributed by atoms with E-state index in [4.69, 9.17) is 27.9 Å². The molecule has 0 radical (unpaired) electrons. The van der Waals surface area contributed by atoms with Crippen LogP contribution in [0.4, 0.5) is 13.2 Å². The van der Waals surface area contributed by atoms with Crippen LogP contribution in [0, 0.1) is 17.8 Å². The van der Waals surface area contributed by atoms with Crippen LogP contribution in [0.2, 0.25) is 10.0 Å². The summed E-state index contributed by atoms with van der Waals surface area (Å²) >= 11 is 12.6. The Morgan fingerprint density at radius 2 is 1.27 bits per heavy atom. The van der Waals surface area contributed by atoms with Crippen molar-refractivity contribution in [3.05, 3.63) is 63.6 Å². The van der Waals surface area contributed by atoms with Crippen LogP contribution in [-0.4, -0.2) is 258 Å². The number of halogens is 5. The van der Waals surface area contributed by atoms with E-state index in [1.54, 1.807) is 44.7 Å². The minimum Gasteiger partial charge on any atom is -0.489 e. The molecule has 12 amide bonds. The zero-order valence-corrected chi connectivity index (χ0v) is 61.4. The molecular weight excluding hydrogens is 1340 g/mol. The minimum absolute atomic E-state index is 0.00608. The topological polar surface area (TPSA) is 279 Å². The van der Waals surface area contributed by atoms with Crippen molar-refractivity contribution < 1.29 is 75.4 Å². The number of alkyl halides is 3. The fourth-order valence-electron chi connectivity index (χ4n) is 13.5. The Labute approximate surface area is 594 Å². The number of piperidine rings is 1. The number of aryl methyl sites for hydroxylation is 1. The molecule has 4 fully saturated rings. The van der Waals surface area contributed by atoms with E-state index in [-0.39, 0.29) is 73.7 Å². The maximum atomic E-state index is 15.4. The highest BCUT2D eigenvalue weighted by molar-refractivity contribution is 6.32. The number of likely N-dealkylation sites (tertiary alicyclic amines) is 1. The summed E-state index contributed by atoms with van der Waals surface area (Å²) in [6.45, 7) is 8.82. The molecule has 100 heavy (non-hydrogen) atoms. The van der Waals surface area contributed by atoms with Crippen molar-refractivity contribution in [3.63, 3.8) is 0 Å². The van der Waals surface area contributed by atoms with Crippen molar-refractivity contribution in [2.75, 3.05) is 95.2 Å². The van der Waals surface area contributed by atoms with E-state index in [0.29, 0.717) is 45.2 Å². The number of fused-ring (bicyclic) bond motifs is 1. The van der Waals surface area contributed by atoms with Gasteiger partial charge in [-0.2, -0.15) is 13.2 Å². The fraction of sp³-hybridized carbons (Fsp3) is 0.657. The molecule has 25 nitrogen and oxygen atoms in total. The minimum atomic E-state index is -4.78. The lowest BCUT2D eigenvalue weighted by molar-refractivity contribution is -0.156. The second-order valence-electron chi connectivity index (χ2n) is 28.0. The molecule has 1 unspecified atom stereocenters. The van der Waals surface area contributed by atoms with Crippen LogP contribution in [-0.2, 0) is 70.1 Å². The molecule has 2 aromatic rings. The van der Waals surface area contributed by atoms with E-state index in [1.165, 1.54) is 87.1 Å². The molecule has 554 valence electrons. The summed E-state index contributed by atoms with van der Waals surface area (Å²) in [5, 5.41) is 8.10. The van der Waals surface area contributed by atoms with Crippen LogP contribution in [0.1, 0.15) is 136 Å². The number of nitrogens with zero attached hydrogens (tertiary/aromatic N) is 9. The Hall–Kier alpha value is -7.75. The van der Waals surface area contributed by atoms with Gasteiger partial charge in [0, 0.05) is 69.0 Å². The van der Waals surface area contributed by atoms with E-state index >= 15 is 19.2 Å². The predicted octanol–water partition coefficient (Wildman–Crippen LogP) is 5.26. The van der Waals surface area contributed by atoms with Gasteiger partial charge < -0.3 is 64.8 Å². The first-order valence-electron chi connectivity index (χ1n) is 34.5. The van der Waals surface area contributed by atoms with Crippen molar-refractivity contribution in [2.24, 2.45) is 17.8 Å². The van der Waals surface area contributed by atoms with Crippen LogP contribution in [0.15, 0.2) is 42.5 Å².